The average molecular weight is 231 g/mol. The van der Waals surface area contributed by atoms with E-state index in [0.29, 0.717) is 11.1 Å². The van der Waals surface area contributed by atoms with Gasteiger partial charge in [0.15, 0.2) is 0 Å². The van der Waals surface area contributed by atoms with Gasteiger partial charge in [-0.15, -0.1) is 0 Å². The van der Waals surface area contributed by atoms with Gasteiger partial charge in [-0.05, 0) is 41.5 Å². The van der Waals surface area contributed by atoms with Crippen LogP contribution in [0, 0.1) is 23.0 Å². The topological polar surface area (TPSA) is 44.0 Å². The summed E-state index contributed by atoms with van der Waals surface area (Å²) in [5.74, 6) is -1.45. The molecule has 84 valence electrons. The summed E-state index contributed by atoms with van der Waals surface area (Å²) in [6.07, 6.45) is 0. The van der Waals surface area contributed by atoms with E-state index in [2.05, 4.69) is 0 Å². The van der Waals surface area contributed by atoms with Crippen molar-refractivity contribution in [2.24, 2.45) is 0 Å². The highest BCUT2D eigenvalue weighted by atomic mass is 19.1. The second-order valence-corrected chi connectivity index (χ2v) is 3.54. The number of aromatic hydroxyl groups is 1. The van der Waals surface area contributed by atoms with Crippen molar-refractivity contribution in [3.63, 3.8) is 0 Å². The van der Waals surface area contributed by atoms with E-state index in [4.69, 9.17) is 5.26 Å². The zero-order valence-corrected chi connectivity index (χ0v) is 8.61. The van der Waals surface area contributed by atoms with E-state index in [-0.39, 0.29) is 11.3 Å². The van der Waals surface area contributed by atoms with Crippen molar-refractivity contribution in [3.05, 3.63) is 53.6 Å². The Labute approximate surface area is 96.4 Å². The molecule has 0 aliphatic carbocycles. The summed E-state index contributed by atoms with van der Waals surface area (Å²) in [6.45, 7) is 0. The van der Waals surface area contributed by atoms with Crippen molar-refractivity contribution in [1.29, 1.82) is 5.26 Å². The van der Waals surface area contributed by atoms with Crippen LogP contribution >= 0.6 is 0 Å². The van der Waals surface area contributed by atoms with Gasteiger partial charge in [0.05, 0.1) is 11.6 Å². The summed E-state index contributed by atoms with van der Waals surface area (Å²) < 4.78 is 26.3. The summed E-state index contributed by atoms with van der Waals surface area (Å²) in [4.78, 5) is 0. The van der Waals surface area contributed by atoms with Crippen molar-refractivity contribution in [2.75, 3.05) is 0 Å². The molecule has 0 saturated heterocycles. The first-order valence-electron chi connectivity index (χ1n) is 4.79. The van der Waals surface area contributed by atoms with Gasteiger partial charge in [-0.25, -0.2) is 8.78 Å². The van der Waals surface area contributed by atoms with E-state index in [1.165, 1.54) is 18.2 Å². The molecule has 2 aromatic carbocycles. The third-order valence-corrected chi connectivity index (χ3v) is 2.24. The SMILES string of the molecule is N#Cc1cc(F)cc(-c2cc(O)cc(F)c2)c1. The van der Waals surface area contributed by atoms with Gasteiger partial charge in [0, 0.05) is 6.07 Å². The zero-order valence-electron chi connectivity index (χ0n) is 8.61. The molecule has 0 aromatic heterocycles. The van der Waals surface area contributed by atoms with Crippen LogP contribution in [-0.4, -0.2) is 5.11 Å². The van der Waals surface area contributed by atoms with Gasteiger partial charge in [-0.1, -0.05) is 0 Å². The smallest absolute Gasteiger partial charge is 0.127 e. The van der Waals surface area contributed by atoms with Crippen LogP contribution in [0.4, 0.5) is 8.78 Å². The molecule has 0 atom stereocenters. The van der Waals surface area contributed by atoms with Gasteiger partial charge in [-0.2, -0.15) is 5.26 Å². The van der Waals surface area contributed by atoms with Gasteiger partial charge >= 0.3 is 0 Å². The second-order valence-electron chi connectivity index (χ2n) is 3.54. The Bertz CT molecular complexity index is 597. The summed E-state index contributed by atoms with van der Waals surface area (Å²) >= 11 is 0. The molecule has 0 heterocycles. The van der Waals surface area contributed by atoms with E-state index in [1.54, 1.807) is 0 Å². The number of phenols is 1. The molecule has 2 aromatic rings. The van der Waals surface area contributed by atoms with Crippen molar-refractivity contribution in [1.82, 2.24) is 0 Å². The van der Waals surface area contributed by atoms with E-state index in [1.807, 2.05) is 6.07 Å². The van der Waals surface area contributed by atoms with E-state index in [0.717, 1.165) is 18.2 Å². The highest BCUT2D eigenvalue weighted by Crippen LogP contribution is 2.26. The fourth-order valence-electron chi connectivity index (χ4n) is 1.56. The number of hydrogen-bond acceptors (Lipinski definition) is 2. The molecule has 17 heavy (non-hydrogen) atoms. The number of nitrogens with zero attached hydrogens (tertiary/aromatic N) is 1. The Balaban J connectivity index is 2.60. The predicted octanol–water partition coefficient (Wildman–Crippen LogP) is 3.21. The minimum Gasteiger partial charge on any atom is -0.508 e. The van der Waals surface area contributed by atoms with Crippen LogP contribution in [0.2, 0.25) is 0 Å². The normalized spacial score (nSPS) is 9.94. The number of nitriles is 1. The molecule has 0 saturated carbocycles. The van der Waals surface area contributed by atoms with Crippen LogP contribution in [0.15, 0.2) is 36.4 Å². The van der Waals surface area contributed by atoms with Gasteiger partial charge in [0.2, 0.25) is 0 Å². The summed E-state index contributed by atoms with van der Waals surface area (Å²) in [5, 5.41) is 18.0. The van der Waals surface area contributed by atoms with Gasteiger partial charge in [-0.3, -0.25) is 0 Å². The maximum Gasteiger partial charge on any atom is 0.127 e. The maximum atomic E-state index is 13.2. The molecule has 0 spiro atoms. The highest BCUT2D eigenvalue weighted by molar-refractivity contribution is 5.66. The molecule has 0 aliphatic rings. The van der Waals surface area contributed by atoms with E-state index >= 15 is 0 Å². The average Bonchev–Trinajstić information content (AvgIpc) is 2.26. The predicted molar refractivity (Wildman–Crippen MR) is 58.2 cm³/mol. The molecule has 4 heteroatoms. The molecule has 1 N–H and O–H groups in total. The van der Waals surface area contributed by atoms with Crippen molar-refractivity contribution in [2.45, 2.75) is 0 Å². The minimum atomic E-state index is -0.622. The number of halogens is 2. The molecule has 2 rings (SSSR count). The molecule has 0 amide bonds. The van der Waals surface area contributed by atoms with Crippen LogP contribution < -0.4 is 0 Å². The summed E-state index contributed by atoms with van der Waals surface area (Å²) in [5.41, 5.74) is 0.804. The first-order chi connectivity index (χ1) is 8.08. The monoisotopic (exact) mass is 231 g/mol. The number of phenolic OH excluding ortho intramolecular Hbond substituents is 1. The Hall–Kier alpha value is -2.41. The Morgan fingerprint density at radius 2 is 1.47 bits per heavy atom. The number of rotatable bonds is 1. The fourth-order valence-corrected chi connectivity index (χ4v) is 1.56. The third-order valence-electron chi connectivity index (χ3n) is 2.24. The highest BCUT2D eigenvalue weighted by Gasteiger charge is 2.06. The van der Waals surface area contributed by atoms with Crippen LogP contribution in [0.5, 0.6) is 5.75 Å². The van der Waals surface area contributed by atoms with Crippen molar-refractivity contribution in [3.8, 4) is 22.9 Å². The van der Waals surface area contributed by atoms with E-state index in [9.17, 15) is 13.9 Å². The molecule has 0 unspecified atom stereocenters. The molecule has 0 fully saturated rings. The minimum absolute atomic E-state index is 0.142. The lowest BCUT2D eigenvalue weighted by molar-refractivity contribution is 0.469. The zero-order chi connectivity index (χ0) is 12.4. The molecule has 0 radical (unpaired) electrons. The van der Waals surface area contributed by atoms with Crippen molar-refractivity contribution < 1.29 is 13.9 Å². The van der Waals surface area contributed by atoms with Crippen LogP contribution in [0.3, 0.4) is 0 Å². The van der Waals surface area contributed by atoms with Crippen LogP contribution in [-0.2, 0) is 0 Å². The third kappa shape index (κ3) is 2.40. The Morgan fingerprint density at radius 3 is 2.06 bits per heavy atom. The van der Waals surface area contributed by atoms with Crippen LogP contribution in [0.25, 0.3) is 11.1 Å². The molecule has 0 bridgehead atoms. The molecular formula is C13H7F2NO. The first kappa shape index (κ1) is 11.1. The van der Waals surface area contributed by atoms with Gasteiger partial charge < -0.3 is 5.11 Å². The standard InChI is InChI=1S/C13H7F2NO/c14-11-2-8(7-16)1-9(3-11)10-4-12(15)6-13(17)5-10/h1-6,17H. The quantitative estimate of drug-likeness (QED) is 0.818. The van der Waals surface area contributed by atoms with Crippen molar-refractivity contribution >= 4 is 0 Å². The van der Waals surface area contributed by atoms with Crippen LogP contribution in [0.1, 0.15) is 5.56 Å². The maximum absolute atomic E-state index is 13.2. The summed E-state index contributed by atoms with van der Waals surface area (Å²) in [7, 11) is 0. The first-order valence-corrected chi connectivity index (χ1v) is 4.79. The lowest BCUT2D eigenvalue weighted by Crippen LogP contribution is -1.85. The Morgan fingerprint density at radius 1 is 0.882 bits per heavy atom. The van der Waals surface area contributed by atoms with E-state index < -0.39 is 11.6 Å². The second kappa shape index (κ2) is 4.22. The lowest BCUT2D eigenvalue weighted by atomic mass is 10.0. The lowest BCUT2D eigenvalue weighted by Gasteiger charge is -2.04. The van der Waals surface area contributed by atoms with Gasteiger partial charge in [0.1, 0.15) is 17.4 Å². The number of benzene rings is 2. The largest absolute Gasteiger partial charge is 0.508 e. The molecule has 0 aliphatic heterocycles. The number of hydrogen-bond donors (Lipinski definition) is 1. The summed E-state index contributed by atoms with van der Waals surface area (Å²) in [6, 6.07) is 8.92. The Kier molecular flexibility index (Phi) is 2.75. The molecular weight excluding hydrogens is 224 g/mol. The fraction of sp³-hybridized carbons (Fsp3) is 0. The molecule has 2 nitrogen and oxygen atoms in total. The van der Waals surface area contributed by atoms with Gasteiger partial charge in [0.25, 0.3) is 0 Å².